The van der Waals surface area contributed by atoms with Crippen LogP contribution in [0.4, 0.5) is 22.0 Å². The van der Waals surface area contributed by atoms with Crippen molar-refractivity contribution in [1.82, 2.24) is 14.9 Å². The molecule has 9 nitrogen and oxygen atoms in total. The highest BCUT2D eigenvalue weighted by molar-refractivity contribution is 5.94. The van der Waals surface area contributed by atoms with Crippen LogP contribution in [0, 0.1) is 11.6 Å². The number of methoxy groups -OCH3 is 2. The van der Waals surface area contributed by atoms with Crippen LogP contribution in [0.2, 0.25) is 0 Å². The van der Waals surface area contributed by atoms with Gasteiger partial charge in [0.25, 0.3) is 5.91 Å². The molecule has 0 atom stereocenters. The van der Waals surface area contributed by atoms with Crippen LogP contribution in [-0.2, 0) is 22.2 Å². The van der Waals surface area contributed by atoms with E-state index in [1.165, 1.54) is 56.7 Å². The van der Waals surface area contributed by atoms with Gasteiger partial charge in [0.05, 0.1) is 51.9 Å². The van der Waals surface area contributed by atoms with Crippen molar-refractivity contribution in [1.29, 1.82) is 0 Å². The number of hydrogen-bond donors (Lipinski definition) is 2. The second kappa shape index (κ2) is 17.3. The normalized spacial score (nSPS) is 11.5. The first-order chi connectivity index (χ1) is 25.0. The number of aromatic nitrogens is 2. The van der Waals surface area contributed by atoms with E-state index in [0.29, 0.717) is 37.5 Å². The van der Waals surface area contributed by atoms with E-state index in [2.05, 4.69) is 5.32 Å². The summed E-state index contributed by atoms with van der Waals surface area (Å²) >= 11 is 0. The molecular formula is C38H37F5N4O5. The van der Waals surface area contributed by atoms with E-state index in [4.69, 9.17) is 29.7 Å². The molecule has 0 aliphatic heterocycles. The molecule has 0 spiro atoms. The average Bonchev–Trinajstić information content (AvgIpc) is 3.50. The Kier molecular flexibility index (Phi) is 12.6. The van der Waals surface area contributed by atoms with Gasteiger partial charge in [-0.3, -0.25) is 4.79 Å². The van der Waals surface area contributed by atoms with E-state index in [1.54, 1.807) is 28.8 Å². The van der Waals surface area contributed by atoms with Gasteiger partial charge in [-0.05, 0) is 54.1 Å². The van der Waals surface area contributed by atoms with Gasteiger partial charge >= 0.3 is 6.18 Å². The number of amides is 1. The number of nitrogens with two attached hydrogens (primary N) is 1. The van der Waals surface area contributed by atoms with Crippen LogP contribution in [0.25, 0.3) is 33.9 Å². The monoisotopic (exact) mass is 724 g/mol. The number of alkyl halides is 3. The summed E-state index contributed by atoms with van der Waals surface area (Å²) in [6.07, 6.45) is -4.58. The molecule has 0 saturated heterocycles. The van der Waals surface area contributed by atoms with Crippen molar-refractivity contribution in [2.75, 3.05) is 53.7 Å². The number of carbonyl (C=O) groups is 1. The summed E-state index contributed by atoms with van der Waals surface area (Å²) in [7, 11) is 2.77. The zero-order chi connectivity index (χ0) is 37.3. The lowest BCUT2D eigenvalue weighted by Crippen LogP contribution is -2.27. The molecule has 0 fully saturated rings. The summed E-state index contributed by atoms with van der Waals surface area (Å²) in [6.45, 7) is 2.19. The molecule has 1 heterocycles. The van der Waals surface area contributed by atoms with Crippen molar-refractivity contribution in [2.24, 2.45) is 5.73 Å². The molecule has 14 heteroatoms. The summed E-state index contributed by atoms with van der Waals surface area (Å²) in [6, 6.07) is 19.3. The van der Waals surface area contributed by atoms with Crippen LogP contribution in [-0.4, -0.2) is 69.2 Å². The number of carbonyl (C=O) groups excluding carboxylic acids is 1. The minimum Gasteiger partial charge on any atom is -0.497 e. The number of rotatable bonds is 16. The zero-order valence-corrected chi connectivity index (χ0v) is 28.4. The fourth-order valence-corrected chi connectivity index (χ4v) is 5.41. The molecule has 52 heavy (non-hydrogen) atoms. The number of nitrogens with one attached hydrogen (secondary N) is 1. The lowest BCUT2D eigenvalue weighted by Gasteiger charge is -2.16. The molecule has 0 bridgehead atoms. The molecule has 3 N–H and O–H groups in total. The molecule has 0 aliphatic rings. The summed E-state index contributed by atoms with van der Waals surface area (Å²) in [5.41, 5.74) is 6.04. The first kappa shape index (κ1) is 37.9. The average molecular weight is 725 g/mol. The van der Waals surface area contributed by atoms with Crippen LogP contribution in [0.3, 0.4) is 0 Å². The van der Waals surface area contributed by atoms with E-state index in [1.807, 2.05) is 0 Å². The number of benzene rings is 4. The molecule has 0 aliphatic carbocycles. The maximum absolute atomic E-state index is 15.9. The van der Waals surface area contributed by atoms with Crippen LogP contribution in [0.5, 0.6) is 11.5 Å². The van der Waals surface area contributed by atoms with Gasteiger partial charge in [-0.15, -0.1) is 0 Å². The molecule has 0 radical (unpaired) electrons. The van der Waals surface area contributed by atoms with Gasteiger partial charge in [0, 0.05) is 54.0 Å². The first-order valence-electron chi connectivity index (χ1n) is 16.2. The van der Waals surface area contributed by atoms with Crippen molar-refractivity contribution in [3.8, 4) is 45.4 Å². The Balaban J connectivity index is 1.54. The smallest absolute Gasteiger partial charge is 0.416 e. The van der Waals surface area contributed by atoms with Crippen molar-refractivity contribution < 1.29 is 45.7 Å². The fraction of sp³-hybridized carbons (Fsp3) is 0.263. The maximum atomic E-state index is 15.9. The Morgan fingerprint density at radius 1 is 0.788 bits per heavy atom. The Labute approximate surface area is 297 Å². The molecule has 274 valence electrons. The van der Waals surface area contributed by atoms with E-state index < -0.39 is 23.4 Å². The van der Waals surface area contributed by atoms with Gasteiger partial charge < -0.3 is 34.6 Å². The highest BCUT2D eigenvalue weighted by Crippen LogP contribution is 2.41. The Hall–Kier alpha value is -5.31. The largest absolute Gasteiger partial charge is 0.497 e. The first-order valence-corrected chi connectivity index (χ1v) is 16.2. The van der Waals surface area contributed by atoms with Gasteiger partial charge in [0.1, 0.15) is 34.7 Å². The van der Waals surface area contributed by atoms with E-state index >= 15 is 8.78 Å². The highest BCUT2D eigenvalue weighted by atomic mass is 19.4. The lowest BCUT2D eigenvalue weighted by molar-refractivity contribution is -0.137. The highest BCUT2D eigenvalue weighted by Gasteiger charge is 2.31. The lowest BCUT2D eigenvalue weighted by atomic mass is 10.0. The standard InChI is InChI=1S/C38H37F5N4O5/c1-49-28-11-13-30(32(39)21-28)34-35(31-14-12-29(50-2)22-33(31)40)47(36(46-34)25-7-9-27(10-8-25)38(41,42)43)23-24-3-5-26(6-4-24)37(48)45-16-18-52-20-19-51-17-15-44/h3-14,21-22H,15-20,23,44H2,1-2H3,(H,45,48). The summed E-state index contributed by atoms with van der Waals surface area (Å²) in [5.74, 6) is -1.11. The molecule has 1 aromatic heterocycles. The number of imidazole rings is 1. The molecule has 4 aromatic carbocycles. The third-order valence-corrected chi connectivity index (χ3v) is 8.02. The molecule has 5 rings (SSSR count). The van der Waals surface area contributed by atoms with Crippen LogP contribution >= 0.6 is 0 Å². The second-order valence-corrected chi connectivity index (χ2v) is 11.5. The summed E-state index contributed by atoms with van der Waals surface area (Å²) in [5, 5.41) is 2.78. The van der Waals surface area contributed by atoms with Gasteiger partial charge in [-0.25, -0.2) is 13.8 Å². The predicted molar refractivity (Wildman–Crippen MR) is 185 cm³/mol. The zero-order valence-electron chi connectivity index (χ0n) is 28.4. The van der Waals surface area contributed by atoms with Crippen molar-refractivity contribution in [2.45, 2.75) is 12.7 Å². The number of nitrogens with zero attached hydrogens (tertiary/aromatic N) is 2. The molecule has 1 amide bonds. The van der Waals surface area contributed by atoms with Crippen molar-refractivity contribution in [3.63, 3.8) is 0 Å². The number of hydrogen-bond acceptors (Lipinski definition) is 7. The van der Waals surface area contributed by atoms with Crippen LogP contribution < -0.4 is 20.5 Å². The van der Waals surface area contributed by atoms with Gasteiger partial charge in [-0.2, -0.15) is 13.2 Å². The van der Waals surface area contributed by atoms with Gasteiger partial charge in [0.2, 0.25) is 0 Å². The predicted octanol–water partition coefficient (Wildman–Crippen LogP) is 6.97. The van der Waals surface area contributed by atoms with Crippen molar-refractivity contribution in [3.05, 3.63) is 113 Å². The topological polar surface area (TPSA) is 110 Å². The summed E-state index contributed by atoms with van der Waals surface area (Å²) in [4.78, 5) is 17.5. The minimum absolute atomic E-state index is 0.0111. The second-order valence-electron chi connectivity index (χ2n) is 11.5. The third-order valence-electron chi connectivity index (χ3n) is 8.02. The number of ether oxygens (including phenoxy) is 4. The third kappa shape index (κ3) is 9.12. The fourth-order valence-electron chi connectivity index (χ4n) is 5.41. The molecule has 5 aromatic rings. The quantitative estimate of drug-likeness (QED) is 0.0836. The SMILES string of the molecule is COc1ccc(-c2nc(-c3ccc(C(F)(F)F)cc3)n(Cc3ccc(C(=O)NCCOCCOCCN)cc3)c2-c2ccc(OC)cc2F)c(F)c1. The Morgan fingerprint density at radius 2 is 1.38 bits per heavy atom. The van der Waals surface area contributed by atoms with Crippen molar-refractivity contribution >= 4 is 5.91 Å². The van der Waals surface area contributed by atoms with E-state index in [0.717, 1.165) is 18.2 Å². The Morgan fingerprint density at radius 3 is 1.94 bits per heavy atom. The van der Waals surface area contributed by atoms with Crippen LogP contribution in [0.1, 0.15) is 21.5 Å². The molecule has 0 unspecified atom stereocenters. The molecular weight excluding hydrogens is 687 g/mol. The maximum Gasteiger partial charge on any atom is 0.416 e. The van der Waals surface area contributed by atoms with E-state index in [-0.39, 0.29) is 71.0 Å². The van der Waals surface area contributed by atoms with E-state index in [9.17, 15) is 18.0 Å². The molecule has 0 saturated carbocycles. The Bertz CT molecular complexity index is 1960. The van der Waals surface area contributed by atoms with Gasteiger partial charge in [-0.1, -0.05) is 24.3 Å². The van der Waals surface area contributed by atoms with Crippen LogP contribution in [0.15, 0.2) is 84.9 Å². The minimum atomic E-state index is -4.58. The summed E-state index contributed by atoms with van der Waals surface area (Å²) < 4.78 is 94.7. The van der Waals surface area contributed by atoms with Gasteiger partial charge in [0.15, 0.2) is 0 Å². The number of halogens is 5.